The Labute approximate surface area is 103 Å². The molecule has 0 heterocycles. The Morgan fingerprint density at radius 3 is 2.50 bits per heavy atom. The number of aliphatic hydroxyl groups excluding tert-OH is 1. The van der Waals surface area contributed by atoms with Crippen molar-refractivity contribution in [1.29, 1.82) is 0 Å². The van der Waals surface area contributed by atoms with E-state index in [0.29, 0.717) is 11.3 Å². The highest BCUT2D eigenvalue weighted by Gasteiger charge is 2.17. The van der Waals surface area contributed by atoms with Crippen LogP contribution in [0.25, 0.3) is 0 Å². The van der Waals surface area contributed by atoms with E-state index < -0.39 is 18.0 Å². The molecule has 0 amide bonds. The van der Waals surface area contributed by atoms with Gasteiger partial charge in [-0.1, -0.05) is 12.1 Å². The van der Waals surface area contributed by atoms with Crippen molar-refractivity contribution in [3.8, 4) is 5.75 Å². The van der Waals surface area contributed by atoms with Crippen LogP contribution in [0, 0.1) is 0 Å². The largest absolute Gasteiger partial charge is 0.496 e. The molecule has 0 aliphatic heterocycles. The van der Waals surface area contributed by atoms with Gasteiger partial charge in [-0.25, -0.2) is 4.79 Å². The molecule has 3 N–H and O–H groups in total. The van der Waals surface area contributed by atoms with Crippen LogP contribution in [-0.2, 0) is 16.0 Å². The first-order chi connectivity index (χ1) is 8.45. The van der Waals surface area contributed by atoms with Crippen molar-refractivity contribution in [3.63, 3.8) is 0 Å². The molecule has 1 unspecified atom stereocenters. The van der Waals surface area contributed by atoms with Crippen molar-refractivity contribution in [1.82, 2.24) is 0 Å². The van der Waals surface area contributed by atoms with Gasteiger partial charge in [0.1, 0.15) is 5.75 Å². The lowest BCUT2D eigenvalue weighted by atomic mass is 10.0. The molecule has 0 radical (unpaired) electrons. The minimum absolute atomic E-state index is 0.0445. The summed E-state index contributed by atoms with van der Waals surface area (Å²) in [5, 5.41) is 26.6. The standard InChI is InChI=1S/C12H14O6/c1-18-9-6-8(11(15)12(16)17)3-2-7(9)4-5-10(13)14/h2-3,6,11,15H,4-5H2,1H3,(H,13,14)(H,16,17). The van der Waals surface area contributed by atoms with E-state index >= 15 is 0 Å². The Balaban J connectivity index is 2.96. The summed E-state index contributed by atoms with van der Waals surface area (Å²) < 4.78 is 5.05. The van der Waals surface area contributed by atoms with Crippen LogP contribution in [-0.4, -0.2) is 34.4 Å². The molecule has 18 heavy (non-hydrogen) atoms. The first-order valence-corrected chi connectivity index (χ1v) is 5.25. The quantitative estimate of drug-likeness (QED) is 0.694. The second-order valence-electron chi connectivity index (χ2n) is 3.71. The van der Waals surface area contributed by atoms with Gasteiger partial charge in [-0.05, 0) is 23.6 Å². The molecule has 0 aliphatic rings. The zero-order valence-corrected chi connectivity index (χ0v) is 9.79. The van der Waals surface area contributed by atoms with Gasteiger partial charge in [-0.2, -0.15) is 0 Å². The summed E-state index contributed by atoms with van der Waals surface area (Å²) in [4.78, 5) is 21.1. The summed E-state index contributed by atoms with van der Waals surface area (Å²) in [5.41, 5.74) is 0.847. The number of hydrogen-bond acceptors (Lipinski definition) is 4. The Morgan fingerprint density at radius 1 is 1.33 bits per heavy atom. The minimum atomic E-state index is -1.62. The van der Waals surface area contributed by atoms with E-state index in [4.69, 9.17) is 14.9 Å². The molecule has 0 spiro atoms. The van der Waals surface area contributed by atoms with Gasteiger partial charge in [-0.3, -0.25) is 4.79 Å². The van der Waals surface area contributed by atoms with Gasteiger partial charge < -0.3 is 20.1 Å². The summed E-state index contributed by atoms with van der Waals surface area (Å²) in [6.45, 7) is 0. The van der Waals surface area contributed by atoms with Crippen molar-refractivity contribution < 1.29 is 29.6 Å². The normalized spacial score (nSPS) is 11.9. The highest BCUT2D eigenvalue weighted by molar-refractivity contribution is 5.74. The fraction of sp³-hybridized carbons (Fsp3) is 0.333. The van der Waals surface area contributed by atoms with Crippen LogP contribution in [0.15, 0.2) is 18.2 Å². The van der Waals surface area contributed by atoms with Crippen molar-refractivity contribution in [2.45, 2.75) is 18.9 Å². The SMILES string of the molecule is COc1cc(C(O)C(=O)O)ccc1CCC(=O)O. The first-order valence-electron chi connectivity index (χ1n) is 5.25. The van der Waals surface area contributed by atoms with Crippen LogP contribution in [0.1, 0.15) is 23.7 Å². The number of hydrogen-bond donors (Lipinski definition) is 3. The number of aliphatic hydroxyl groups is 1. The third-order valence-corrected chi connectivity index (χ3v) is 2.47. The molecule has 1 rings (SSSR count). The van der Waals surface area contributed by atoms with Gasteiger partial charge in [-0.15, -0.1) is 0 Å². The number of methoxy groups -OCH3 is 1. The Kier molecular flexibility index (Phi) is 4.67. The van der Waals surface area contributed by atoms with E-state index in [0.717, 1.165) is 0 Å². The molecule has 1 aromatic carbocycles. The topological polar surface area (TPSA) is 104 Å². The number of aryl methyl sites for hydroxylation is 1. The number of aliphatic carboxylic acids is 2. The Bertz CT molecular complexity index is 454. The predicted molar refractivity (Wildman–Crippen MR) is 61.5 cm³/mol. The van der Waals surface area contributed by atoms with Gasteiger partial charge in [0.2, 0.25) is 0 Å². The van der Waals surface area contributed by atoms with Crippen molar-refractivity contribution >= 4 is 11.9 Å². The summed E-state index contributed by atoms with van der Waals surface area (Å²) >= 11 is 0. The van der Waals surface area contributed by atoms with E-state index in [1.54, 1.807) is 6.07 Å². The third kappa shape index (κ3) is 3.46. The molecule has 1 aromatic rings. The highest BCUT2D eigenvalue weighted by atomic mass is 16.5. The average Bonchev–Trinajstić information content (AvgIpc) is 2.34. The van der Waals surface area contributed by atoms with Crippen LogP contribution in [0.5, 0.6) is 5.75 Å². The molecule has 0 saturated heterocycles. The van der Waals surface area contributed by atoms with Crippen molar-refractivity contribution in [3.05, 3.63) is 29.3 Å². The van der Waals surface area contributed by atoms with Crippen molar-refractivity contribution in [2.75, 3.05) is 7.11 Å². The maximum Gasteiger partial charge on any atom is 0.337 e. The molecule has 0 aliphatic carbocycles. The number of carboxylic acid groups (broad SMARTS) is 2. The minimum Gasteiger partial charge on any atom is -0.496 e. The van der Waals surface area contributed by atoms with E-state index in [-0.39, 0.29) is 18.4 Å². The molecule has 0 bridgehead atoms. The summed E-state index contributed by atoms with van der Waals surface area (Å²) in [6.07, 6.45) is -1.38. The number of carboxylic acids is 2. The maximum absolute atomic E-state index is 10.6. The lowest BCUT2D eigenvalue weighted by Crippen LogP contribution is -2.11. The second kappa shape index (κ2) is 6.02. The van der Waals surface area contributed by atoms with Gasteiger partial charge in [0.25, 0.3) is 0 Å². The lowest BCUT2D eigenvalue weighted by Gasteiger charge is -2.11. The van der Waals surface area contributed by atoms with Crippen LogP contribution in [0.2, 0.25) is 0 Å². The first kappa shape index (κ1) is 14.0. The average molecular weight is 254 g/mol. The molecule has 98 valence electrons. The number of ether oxygens (including phenoxy) is 1. The van der Waals surface area contributed by atoms with E-state index in [1.807, 2.05) is 0 Å². The summed E-state index contributed by atoms with van der Waals surface area (Å²) in [6, 6.07) is 4.40. The molecular formula is C12H14O6. The highest BCUT2D eigenvalue weighted by Crippen LogP contribution is 2.25. The number of rotatable bonds is 6. The predicted octanol–water partition coefficient (Wildman–Crippen LogP) is 0.830. The van der Waals surface area contributed by atoms with E-state index in [2.05, 4.69) is 0 Å². The maximum atomic E-state index is 10.6. The Morgan fingerprint density at radius 2 is 2.00 bits per heavy atom. The molecule has 0 saturated carbocycles. The fourth-order valence-electron chi connectivity index (χ4n) is 1.52. The monoisotopic (exact) mass is 254 g/mol. The molecule has 0 fully saturated rings. The molecule has 6 heteroatoms. The second-order valence-corrected chi connectivity index (χ2v) is 3.71. The van der Waals surface area contributed by atoms with E-state index in [1.165, 1.54) is 19.2 Å². The number of benzene rings is 1. The molecule has 0 aromatic heterocycles. The zero-order chi connectivity index (χ0) is 13.7. The van der Waals surface area contributed by atoms with Gasteiger partial charge in [0.15, 0.2) is 6.10 Å². The van der Waals surface area contributed by atoms with Crippen LogP contribution in [0.3, 0.4) is 0 Å². The van der Waals surface area contributed by atoms with Crippen LogP contribution in [0.4, 0.5) is 0 Å². The zero-order valence-electron chi connectivity index (χ0n) is 9.79. The van der Waals surface area contributed by atoms with Crippen LogP contribution < -0.4 is 4.74 Å². The van der Waals surface area contributed by atoms with Gasteiger partial charge in [0, 0.05) is 6.42 Å². The number of carbonyl (C=O) groups is 2. The molecule has 1 atom stereocenters. The van der Waals surface area contributed by atoms with Crippen LogP contribution >= 0.6 is 0 Å². The van der Waals surface area contributed by atoms with Crippen molar-refractivity contribution in [2.24, 2.45) is 0 Å². The van der Waals surface area contributed by atoms with E-state index in [9.17, 15) is 14.7 Å². The fourth-order valence-corrected chi connectivity index (χ4v) is 1.52. The lowest BCUT2D eigenvalue weighted by molar-refractivity contribution is -0.147. The molecule has 6 nitrogen and oxygen atoms in total. The summed E-state index contributed by atoms with van der Waals surface area (Å²) in [5.74, 6) is -1.91. The van der Waals surface area contributed by atoms with Gasteiger partial charge in [0.05, 0.1) is 7.11 Å². The van der Waals surface area contributed by atoms with Gasteiger partial charge >= 0.3 is 11.9 Å². The smallest absolute Gasteiger partial charge is 0.337 e. The Hall–Kier alpha value is -2.08. The summed E-state index contributed by atoms with van der Waals surface area (Å²) in [7, 11) is 1.40. The third-order valence-electron chi connectivity index (χ3n) is 2.47. The molecular weight excluding hydrogens is 240 g/mol.